The Balaban J connectivity index is 2.13. The van der Waals surface area contributed by atoms with E-state index in [1.165, 1.54) is 16.8 Å². The van der Waals surface area contributed by atoms with Gasteiger partial charge in [0.2, 0.25) is 0 Å². The lowest BCUT2D eigenvalue weighted by molar-refractivity contribution is -0.155. The van der Waals surface area contributed by atoms with Crippen LogP contribution in [0.4, 0.5) is 8.78 Å². The minimum atomic E-state index is -0.957. The van der Waals surface area contributed by atoms with Crippen LogP contribution < -0.4 is 5.73 Å². The molecule has 172 valence electrons. The highest BCUT2D eigenvalue weighted by atomic mass is 32.2. The number of halogens is 2. The Labute approximate surface area is 192 Å². The smallest absolute Gasteiger partial charge is 0.273 e. The molecule has 8 heteroatoms. The number of nitrogens with two attached hydrogens (primary N) is 1. The molecule has 0 saturated heterocycles. The highest BCUT2D eigenvalue weighted by Crippen LogP contribution is 2.51. The van der Waals surface area contributed by atoms with Crippen LogP contribution in [0.5, 0.6) is 0 Å². The fourth-order valence-electron chi connectivity index (χ4n) is 3.67. The summed E-state index contributed by atoms with van der Waals surface area (Å²) in [6.07, 6.45) is 0.294. The molecular weight excluding hydrogens is 432 g/mol. The van der Waals surface area contributed by atoms with Crippen LogP contribution in [0.15, 0.2) is 53.6 Å². The lowest BCUT2D eigenvalue weighted by Gasteiger charge is -2.37. The van der Waals surface area contributed by atoms with Crippen LogP contribution in [0, 0.1) is 11.6 Å². The number of benzene rings is 2. The average molecular weight is 462 g/mol. The summed E-state index contributed by atoms with van der Waals surface area (Å²) in [5.41, 5.74) is 6.11. The molecule has 1 unspecified atom stereocenters. The highest BCUT2D eigenvalue weighted by molar-refractivity contribution is 8.15. The van der Waals surface area contributed by atoms with Gasteiger partial charge in [-0.2, -0.15) is 5.10 Å². The molecule has 0 fully saturated rings. The van der Waals surface area contributed by atoms with Gasteiger partial charge in [-0.25, -0.2) is 13.8 Å². The number of hydrogen-bond acceptors (Lipinski definition) is 5. The molecule has 1 aliphatic heterocycles. The topological polar surface area (TPSA) is 67.9 Å². The van der Waals surface area contributed by atoms with Gasteiger partial charge in [-0.15, -0.1) is 0 Å². The first kappa shape index (κ1) is 24.4. The molecule has 0 radical (unpaired) electrons. The summed E-state index contributed by atoms with van der Waals surface area (Å²) in [4.78, 5) is 12.6. The molecule has 2 aromatic rings. The summed E-state index contributed by atoms with van der Waals surface area (Å²) in [6, 6.07) is 12.7. The zero-order valence-electron chi connectivity index (χ0n) is 18.8. The molecule has 0 aromatic heterocycles. The van der Waals surface area contributed by atoms with Crippen LogP contribution in [0.25, 0.3) is 0 Å². The molecule has 2 N–H and O–H groups in total. The van der Waals surface area contributed by atoms with Crippen molar-refractivity contribution in [3.05, 3.63) is 71.3 Å². The van der Waals surface area contributed by atoms with Gasteiger partial charge in [0.25, 0.3) is 5.91 Å². The van der Waals surface area contributed by atoms with E-state index >= 15 is 0 Å². The quantitative estimate of drug-likeness (QED) is 0.630. The Morgan fingerprint density at radius 2 is 1.91 bits per heavy atom. The standard InChI is InChI=1S/C24H29F2N3O2S/c1-16(31-23(2,3)4)22(30)29-24(13-8-14-27,17-9-6-5-7-10-17)32-21(28-29)19-15-18(25)11-12-20(19)26/h5-7,9-12,15-16H,8,13-14,27H2,1-4H3/t16-,24?/m0/s1. The van der Waals surface area contributed by atoms with Gasteiger partial charge in [-0.3, -0.25) is 4.79 Å². The Bertz CT molecular complexity index is 994. The molecule has 3 rings (SSSR count). The van der Waals surface area contributed by atoms with E-state index in [1.54, 1.807) is 6.92 Å². The van der Waals surface area contributed by atoms with E-state index in [4.69, 9.17) is 10.5 Å². The second-order valence-corrected chi connectivity index (χ2v) is 9.96. The van der Waals surface area contributed by atoms with Crippen molar-refractivity contribution in [2.75, 3.05) is 6.54 Å². The zero-order chi connectivity index (χ0) is 23.5. The number of amides is 1. The average Bonchev–Trinajstić information content (AvgIpc) is 3.13. The molecule has 0 aliphatic carbocycles. The van der Waals surface area contributed by atoms with E-state index in [-0.39, 0.29) is 16.5 Å². The van der Waals surface area contributed by atoms with Gasteiger partial charge in [0, 0.05) is 5.56 Å². The van der Waals surface area contributed by atoms with E-state index in [0.717, 1.165) is 23.8 Å². The molecule has 32 heavy (non-hydrogen) atoms. The SMILES string of the molecule is C[C@H](OC(C)(C)C)C(=O)N1N=C(c2cc(F)ccc2F)SC1(CCCN)c1ccccc1. The van der Waals surface area contributed by atoms with Crippen LogP contribution in [-0.4, -0.2) is 34.2 Å². The van der Waals surface area contributed by atoms with Crippen LogP contribution in [0.1, 0.15) is 51.7 Å². The van der Waals surface area contributed by atoms with Crippen LogP contribution in [0.3, 0.4) is 0 Å². The van der Waals surface area contributed by atoms with Crippen molar-refractivity contribution in [2.45, 2.75) is 57.1 Å². The predicted molar refractivity (Wildman–Crippen MR) is 124 cm³/mol. The van der Waals surface area contributed by atoms with Crippen molar-refractivity contribution in [1.82, 2.24) is 5.01 Å². The summed E-state index contributed by atoms with van der Waals surface area (Å²) in [7, 11) is 0. The van der Waals surface area contributed by atoms with E-state index < -0.39 is 28.2 Å². The first-order valence-corrected chi connectivity index (χ1v) is 11.4. The van der Waals surface area contributed by atoms with E-state index in [9.17, 15) is 13.6 Å². The van der Waals surface area contributed by atoms with Gasteiger partial charge in [0.05, 0.1) is 5.60 Å². The van der Waals surface area contributed by atoms with Crippen molar-refractivity contribution in [3.63, 3.8) is 0 Å². The Hall–Kier alpha value is -2.29. The predicted octanol–water partition coefficient (Wildman–Crippen LogP) is 5.00. The summed E-state index contributed by atoms with van der Waals surface area (Å²) in [5, 5.41) is 6.14. The second-order valence-electron chi connectivity index (χ2n) is 8.70. The minimum Gasteiger partial charge on any atom is -0.363 e. The number of carbonyl (C=O) groups is 1. The van der Waals surface area contributed by atoms with E-state index in [0.29, 0.717) is 19.4 Å². The normalized spacial score (nSPS) is 19.7. The van der Waals surface area contributed by atoms with Gasteiger partial charge >= 0.3 is 0 Å². The second kappa shape index (κ2) is 9.68. The lowest BCUT2D eigenvalue weighted by Crippen LogP contribution is -2.47. The molecule has 0 spiro atoms. The summed E-state index contributed by atoms with van der Waals surface area (Å²) < 4.78 is 34.5. The third-order valence-electron chi connectivity index (χ3n) is 4.99. The third-order valence-corrected chi connectivity index (χ3v) is 6.43. The number of hydrazone groups is 1. The minimum absolute atomic E-state index is 0.0164. The maximum absolute atomic E-state index is 14.6. The van der Waals surface area contributed by atoms with Gasteiger partial charge in [0.15, 0.2) is 0 Å². The van der Waals surface area contributed by atoms with Crippen molar-refractivity contribution in [1.29, 1.82) is 0 Å². The molecule has 1 aliphatic rings. The van der Waals surface area contributed by atoms with Gasteiger partial charge in [-0.05, 0) is 70.8 Å². The Kier molecular flexibility index (Phi) is 7.37. The molecule has 0 bridgehead atoms. The monoisotopic (exact) mass is 461 g/mol. The van der Waals surface area contributed by atoms with Gasteiger partial charge < -0.3 is 10.5 Å². The van der Waals surface area contributed by atoms with Crippen molar-refractivity contribution >= 4 is 22.7 Å². The number of rotatable bonds is 7. The number of nitrogens with zero attached hydrogens (tertiary/aromatic N) is 2. The maximum atomic E-state index is 14.6. The largest absolute Gasteiger partial charge is 0.363 e. The van der Waals surface area contributed by atoms with Crippen molar-refractivity contribution in [2.24, 2.45) is 10.8 Å². The highest BCUT2D eigenvalue weighted by Gasteiger charge is 2.49. The first-order chi connectivity index (χ1) is 15.1. The molecule has 2 aromatic carbocycles. The number of thioether (sulfide) groups is 1. The number of carbonyl (C=O) groups excluding carboxylic acids is 1. The molecule has 5 nitrogen and oxygen atoms in total. The maximum Gasteiger partial charge on any atom is 0.273 e. The van der Waals surface area contributed by atoms with Crippen LogP contribution in [-0.2, 0) is 14.4 Å². The summed E-state index contributed by atoms with van der Waals surface area (Å²) >= 11 is 1.24. The number of ether oxygens (including phenoxy) is 1. The summed E-state index contributed by atoms with van der Waals surface area (Å²) in [5.74, 6) is -1.54. The van der Waals surface area contributed by atoms with E-state index in [2.05, 4.69) is 5.10 Å². The molecule has 1 amide bonds. The first-order valence-electron chi connectivity index (χ1n) is 10.6. The molecule has 1 heterocycles. The van der Waals surface area contributed by atoms with Crippen molar-refractivity contribution in [3.8, 4) is 0 Å². The Morgan fingerprint density at radius 3 is 2.53 bits per heavy atom. The van der Waals surface area contributed by atoms with Crippen LogP contribution >= 0.6 is 11.8 Å². The third kappa shape index (κ3) is 5.19. The number of hydrogen-bond donors (Lipinski definition) is 1. The Morgan fingerprint density at radius 1 is 1.22 bits per heavy atom. The van der Waals surface area contributed by atoms with Gasteiger partial charge in [0.1, 0.15) is 27.7 Å². The molecule has 2 atom stereocenters. The molecule has 0 saturated carbocycles. The fourth-order valence-corrected chi connectivity index (χ4v) is 5.09. The lowest BCUT2D eigenvalue weighted by atomic mass is 9.99. The van der Waals surface area contributed by atoms with Gasteiger partial charge in [-0.1, -0.05) is 42.1 Å². The zero-order valence-corrected chi connectivity index (χ0v) is 19.6. The molecular formula is C24H29F2N3O2S. The van der Waals surface area contributed by atoms with Crippen molar-refractivity contribution < 1.29 is 18.3 Å². The summed E-state index contributed by atoms with van der Waals surface area (Å²) in [6.45, 7) is 7.68. The van der Waals surface area contributed by atoms with E-state index in [1.807, 2.05) is 51.1 Å². The fraction of sp³-hybridized carbons (Fsp3) is 0.417. The van der Waals surface area contributed by atoms with Crippen LogP contribution in [0.2, 0.25) is 0 Å².